The molecule has 2 rings (SSSR count). The van der Waals surface area contributed by atoms with Gasteiger partial charge in [0.25, 0.3) is 5.91 Å². The van der Waals surface area contributed by atoms with Crippen LogP contribution in [0.1, 0.15) is 49.7 Å². The number of aromatic nitrogens is 1. The molecule has 0 spiro atoms. The van der Waals surface area contributed by atoms with Crippen LogP contribution >= 0.6 is 0 Å². The van der Waals surface area contributed by atoms with Gasteiger partial charge in [0.2, 0.25) is 0 Å². The first-order valence-electron chi connectivity index (χ1n) is 7.57. The average molecular weight is 275 g/mol. The highest BCUT2D eigenvalue weighted by atomic mass is 16.2. The minimum absolute atomic E-state index is 0.0969. The van der Waals surface area contributed by atoms with Crippen molar-refractivity contribution in [3.8, 4) is 0 Å². The van der Waals surface area contributed by atoms with Crippen molar-refractivity contribution in [3.63, 3.8) is 0 Å². The zero-order chi connectivity index (χ0) is 14.7. The minimum Gasteiger partial charge on any atom is -0.384 e. The molecule has 110 valence electrons. The molecule has 0 saturated carbocycles. The van der Waals surface area contributed by atoms with E-state index in [0.29, 0.717) is 23.2 Å². The number of hydrogen-bond donors (Lipinski definition) is 1. The van der Waals surface area contributed by atoms with E-state index >= 15 is 0 Å². The van der Waals surface area contributed by atoms with Crippen LogP contribution in [0.5, 0.6) is 0 Å². The lowest BCUT2D eigenvalue weighted by molar-refractivity contribution is 0.0784. The van der Waals surface area contributed by atoms with Crippen LogP contribution in [0, 0.1) is 11.8 Å². The number of nitrogens with two attached hydrogens (primary N) is 1. The van der Waals surface area contributed by atoms with E-state index < -0.39 is 0 Å². The van der Waals surface area contributed by atoms with Gasteiger partial charge in [0.15, 0.2) is 0 Å². The minimum atomic E-state index is 0.0969. The van der Waals surface area contributed by atoms with Gasteiger partial charge >= 0.3 is 0 Å². The average Bonchev–Trinajstić information content (AvgIpc) is 2.87. The topological polar surface area (TPSA) is 59.2 Å². The van der Waals surface area contributed by atoms with Crippen LogP contribution in [-0.2, 0) is 6.42 Å². The molecule has 1 fully saturated rings. The maximum atomic E-state index is 12.6. The fourth-order valence-electron chi connectivity index (χ4n) is 2.82. The van der Waals surface area contributed by atoms with Crippen LogP contribution in [-0.4, -0.2) is 28.9 Å². The van der Waals surface area contributed by atoms with Crippen LogP contribution in [0.2, 0.25) is 0 Å². The molecule has 2 heterocycles. The number of anilines is 1. The molecular weight excluding hydrogens is 250 g/mol. The smallest absolute Gasteiger partial charge is 0.254 e. The van der Waals surface area contributed by atoms with Crippen molar-refractivity contribution in [2.24, 2.45) is 11.8 Å². The molecular formula is C16H25N3O. The summed E-state index contributed by atoms with van der Waals surface area (Å²) in [5, 5.41) is 0. The highest BCUT2D eigenvalue weighted by Crippen LogP contribution is 2.25. The van der Waals surface area contributed by atoms with Gasteiger partial charge in [0.1, 0.15) is 5.82 Å². The highest BCUT2D eigenvalue weighted by molar-refractivity contribution is 5.95. The Bertz CT molecular complexity index is 485. The fraction of sp³-hybridized carbons (Fsp3) is 0.625. The predicted molar refractivity (Wildman–Crippen MR) is 81.5 cm³/mol. The first-order chi connectivity index (χ1) is 9.51. The molecule has 1 unspecified atom stereocenters. The van der Waals surface area contributed by atoms with Crippen molar-refractivity contribution in [2.45, 2.75) is 40.0 Å². The second-order valence-corrected chi connectivity index (χ2v) is 6.07. The zero-order valence-corrected chi connectivity index (χ0v) is 12.7. The van der Waals surface area contributed by atoms with Crippen LogP contribution in [0.25, 0.3) is 0 Å². The molecule has 1 aromatic rings. The van der Waals surface area contributed by atoms with Crippen molar-refractivity contribution in [1.29, 1.82) is 0 Å². The van der Waals surface area contributed by atoms with Crippen molar-refractivity contribution >= 4 is 11.7 Å². The predicted octanol–water partition coefficient (Wildman–Crippen LogP) is 2.73. The van der Waals surface area contributed by atoms with E-state index in [2.05, 4.69) is 25.8 Å². The quantitative estimate of drug-likeness (QED) is 0.919. The van der Waals surface area contributed by atoms with Crippen LogP contribution in [0.3, 0.4) is 0 Å². The largest absolute Gasteiger partial charge is 0.384 e. The van der Waals surface area contributed by atoms with E-state index in [1.165, 1.54) is 0 Å². The number of nitrogen functional groups attached to an aromatic ring is 1. The Balaban J connectivity index is 2.13. The second kappa shape index (κ2) is 6.25. The number of carbonyl (C=O) groups excluding carboxylic acids is 1. The fourth-order valence-corrected chi connectivity index (χ4v) is 2.82. The molecule has 4 heteroatoms. The lowest BCUT2D eigenvalue weighted by Crippen LogP contribution is -2.29. The van der Waals surface area contributed by atoms with E-state index in [4.69, 9.17) is 5.73 Å². The van der Waals surface area contributed by atoms with Gasteiger partial charge in [0, 0.05) is 24.3 Å². The van der Waals surface area contributed by atoms with Crippen molar-refractivity contribution in [3.05, 3.63) is 23.4 Å². The second-order valence-electron chi connectivity index (χ2n) is 6.07. The molecule has 1 atom stereocenters. The van der Waals surface area contributed by atoms with Crippen LogP contribution in [0.4, 0.5) is 5.82 Å². The number of likely N-dealkylation sites (tertiary alicyclic amines) is 1. The summed E-state index contributed by atoms with van der Waals surface area (Å²) < 4.78 is 0. The third kappa shape index (κ3) is 3.30. The van der Waals surface area contributed by atoms with Gasteiger partial charge in [-0.25, -0.2) is 4.98 Å². The van der Waals surface area contributed by atoms with E-state index in [-0.39, 0.29) is 5.91 Å². The summed E-state index contributed by atoms with van der Waals surface area (Å²) in [6.07, 6.45) is 2.97. The molecule has 1 aliphatic heterocycles. The summed E-state index contributed by atoms with van der Waals surface area (Å²) in [7, 11) is 0. The monoisotopic (exact) mass is 275 g/mol. The molecule has 20 heavy (non-hydrogen) atoms. The Hall–Kier alpha value is -1.58. The van der Waals surface area contributed by atoms with Crippen LogP contribution < -0.4 is 5.73 Å². The molecule has 1 saturated heterocycles. The lowest BCUT2D eigenvalue weighted by atomic mass is 9.95. The number of hydrogen-bond acceptors (Lipinski definition) is 3. The summed E-state index contributed by atoms with van der Waals surface area (Å²) >= 11 is 0. The Labute approximate surface area is 121 Å². The molecule has 1 amide bonds. The van der Waals surface area contributed by atoms with E-state index in [1.54, 1.807) is 6.07 Å². The Morgan fingerprint density at radius 2 is 2.25 bits per heavy atom. The SMILES string of the molecule is CCCc1cc(C(=O)N2CCC(C(C)C)C2)cc(N)n1. The number of pyridine rings is 1. The van der Waals surface area contributed by atoms with Gasteiger partial charge in [-0.15, -0.1) is 0 Å². The van der Waals surface area contributed by atoms with Crippen molar-refractivity contribution in [2.75, 3.05) is 18.8 Å². The molecule has 0 aliphatic carbocycles. The summed E-state index contributed by atoms with van der Waals surface area (Å²) in [6.45, 7) is 8.26. The van der Waals surface area contributed by atoms with E-state index in [0.717, 1.165) is 38.0 Å². The number of carbonyl (C=O) groups is 1. The van der Waals surface area contributed by atoms with E-state index in [9.17, 15) is 4.79 Å². The van der Waals surface area contributed by atoms with Gasteiger partial charge in [0.05, 0.1) is 0 Å². The number of amides is 1. The van der Waals surface area contributed by atoms with Gasteiger partial charge < -0.3 is 10.6 Å². The maximum absolute atomic E-state index is 12.6. The molecule has 0 bridgehead atoms. The number of rotatable bonds is 4. The Kier molecular flexibility index (Phi) is 4.63. The van der Waals surface area contributed by atoms with Gasteiger partial charge in [-0.1, -0.05) is 27.2 Å². The summed E-state index contributed by atoms with van der Waals surface area (Å²) in [6, 6.07) is 3.59. The van der Waals surface area contributed by atoms with Gasteiger partial charge in [-0.3, -0.25) is 4.79 Å². The molecule has 2 N–H and O–H groups in total. The zero-order valence-electron chi connectivity index (χ0n) is 12.7. The standard InChI is InChI=1S/C16H25N3O/c1-4-5-14-8-13(9-15(17)18-14)16(20)19-7-6-12(10-19)11(2)3/h8-9,11-12H,4-7,10H2,1-3H3,(H2,17,18). The van der Waals surface area contributed by atoms with Crippen LogP contribution in [0.15, 0.2) is 12.1 Å². The Morgan fingerprint density at radius 3 is 2.85 bits per heavy atom. The Morgan fingerprint density at radius 1 is 1.50 bits per heavy atom. The molecule has 1 aromatic heterocycles. The number of nitrogens with zero attached hydrogens (tertiary/aromatic N) is 2. The summed E-state index contributed by atoms with van der Waals surface area (Å²) in [4.78, 5) is 18.8. The third-order valence-electron chi connectivity index (χ3n) is 4.11. The first-order valence-corrected chi connectivity index (χ1v) is 7.57. The maximum Gasteiger partial charge on any atom is 0.254 e. The highest BCUT2D eigenvalue weighted by Gasteiger charge is 2.28. The summed E-state index contributed by atoms with van der Waals surface area (Å²) in [5.41, 5.74) is 7.42. The van der Waals surface area contributed by atoms with E-state index in [1.807, 2.05) is 11.0 Å². The third-order valence-corrected chi connectivity index (χ3v) is 4.11. The molecule has 4 nitrogen and oxygen atoms in total. The van der Waals surface area contributed by atoms with Gasteiger partial charge in [-0.2, -0.15) is 0 Å². The lowest BCUT2D eigenvalue weighted by Gasteiger charge is -2.18. The normalized spacial score (nSPS) is 18.8. The first kappa shape index (κ1) is 14.8. The molecule has 0 radical (unpaired) electrons. The molecule has 1 aliphatic rings. The summed E-state index contributed by atoms with van der Waals surface area (Å²) in [5.74, 6) is 1.79. The van der Waals surface area contributed by atoms with Crippen molar-refractivity contribution < 1.29 is 4.79 Å². The number of aryl methyl sites for hydroxylation is 1. The molecule has 0 aromatic carbocycles. The van der Waals surface area contributed by atoms with Crippen molar-refractivity contribution in [1.82, 2.24) is 9.88 Å². The van der Waals surface area contributed by atoms with Gasteiger partial charge in [-0.05, 0) is 36.8 Å².